The minimum absolute atomic E-state index is 0.209. The maximum absolute atomic E-state index is 11.9. The van der Waals surface area contributed by atoms with Gasteiger partial charge in [0.1, 0.15) is 0 Å². The zero-order chi connectivity index (χ0) is 17.6. The minimum atomic E-state index is -0.513. The van der Waals surface area contributed by atoms with E-state index in [9.17, 15) is 9.59 Å². The molecule has 0 bridgehead atoms. The molecule has 2 aromatic carbocycles. The van der Waals surface area contributed by atoms with Crippen LogP contribution in [0, 0.1) is 0 Å². The number of nitrogens with one attached hydrogen (secondary N) is 1. The molecule has 0 saturated heterocycles. The smallest absolute Gasteiger partial charge is 0.338 e. The Kier molecular flexibility index (Phi) is 5.18. The van der Waals surface area contributed by atoms with Crippen molar-refractivity contribution in [1.29, 1.82) is 0 Å². The SMILES string of the molecule is CCc1ccc(C(=O)OCC(=O)NCc2ccc3c(c2)OCO3)cc1. The van der Waals surface area contributed by atoms with Crippen LogP contribution in [0.3, 0.4) is 0 Å². The first-order valence-corrected chi connectivity index (χ1v) is 8.07. The van der Waals surface area contributed by atoms with E-state index in [2.05, 4.69) is 5.32 Å². The lowest BCUT2D eigenvalue weighted by Crippen LogP contribution is -2.28. The monoisotopic (exact) mass is 341 g/mol. The standard InChI is InChI=1S/C19H19NO5/c1-2-13-3-6-15(7-4-13)19(22)23-11-18(21)20-10-14-5-8-16-17(9-14)25-12-24-16/h3-9H,2,10-12H2,1H3,(H,20,21). The van der Waals surface area contributed by atoms with Crippen molar-refractivity contribution < 1.29 is 23.8 Å². The third-order valence-corrected chi connectivity index (χ3v) is 3.86. The highest BCUT2D eigenvalue weighted by molar-refractivity contribution is 5.91. The number of hydrogen-bond acceptors (Lipinski definition) is 5. The maximum Gasteiger partial charge on any atom is 0.338 e. The lowest BCUT2D eigenvalue weighted by Gasteiger charge is -2.08. The van der Waals surface area contributed by atoms with Gasteiger partial charge in [0.15, 0.2) is 18.1 Å². The van der Waals surface area contributed by atoms with Gasteiger partial charge in [-0.3, -0.25) is 4.79 Å². The summed E-state index contributed by atoms with van der Waals surface area (Å²) in [5, 5.41) is 2.70. The van der Waals surface area contributed by atoms with Gasteiger partial charge < -0.3 is 19.5 Å². The number of aryl methyl sites for hydroxylation is 1. The molecule has 2 aromatic rings. The number of benzene rings is 2. The highest BCUT2D eigenvalue weighted by Gasteiger charge is 2.14. The van der Waals surface area contributed by atoms with E-state index in [4.69, 9.17) is 14.2 Å². The third kappa shape index (κ3) is 4.29. The third-order valence-electron chi connectivity index (χ3n) is 3.86. The van der Waals surface area contributed by atoms with Gasteiger partial charge in [0.2, 0.25) is 6.79 Å². The molecule has 0 atom stereocenters. The van der Waals surface area contributed by atoms with E-state index < -0.39 is 5.97 Å². The van der Waals surface area contributed by atoms with Crippen molar-refractivity contribution in [2.45, 2.75) is 19.9 Å². The number of carbonyl (C=O) groups is 2. The fourth-order valence-corrected chi connectivity index (χ4v) is 2.39. The Morgan fingerprint density at radius 2 is 1.76 bits per heavy atom. The lowest BCUT2D eigenvalue weighted by molar-refractivity contribution is -0.124. The normalized spacial score (nSPS) is 11.9. The molecule has 1 N–H and O–H groups in total. The van der Waals surface area contributed by atoms with E-state index >= 15 is 0 Å². The van der Waals surface area contributed by atoms with E-state index in [1.54, 1.807) is 18.2 Å². The summed E-state index contributed by atoms with van der Waals surface area (Å²) in [5.74, 6) is 0.476. The van der Waals surface area contributed by atoms with Gasteiger partial charge in [-0.2, -0.15) is 0 Å². The van der Waals surface area contributed by atoms with Gasteiger partial charge in [-0.15, -0.1) is 0 Å². The van der Waals surface area contributed by atoms with Crippen LogP contribution in [0.2, 0.25) is 0 Å². The molecular formula is C19H19NO5. The van der Waals surface area contributed by atoms with Gasteiger partial charge in [0.25, 0.3) is 5.91 Å². The summed E-state index contributed by atoms with van der Waals surface area (Å²) in [6.45, 7) is 2.25. The Morgan fingerprint density at radius 1 is 1.04 bits per heavy atom. The second-order valence-electron chi connectivity index (χ2n) is 5.59. The summed E-state index contributed by atoms with van der Waals surface area (Å²) in [5.41, 5.74) is 2.44. The van der Waals surface area contributed by atoms with Crippen molar-refractivity contribution in [3.05, 3.63) is 59.2 Å². The van der Waals surface area contributed by atoms with Crippen LogP contribution in [0.1, 0.15) is 28.4 Å². The summed E-state index contributed by atoms with van der Waals surface area (Å²) < 4.78 is 15.5. The first-order chi connectivity index (χ1) is 12.2. The number of fused-ring (bicyclic) bond motifs is 1. The minimum Gasteiger partial charge on any atom is -0.454 e. The topological polar surface area (TPSA) is 73.9 Å². The van der Waals surface area contributed by atoms with Crippen molar-refractivity contribution in [3.8, 4) is 11.5 Å². The highest BCUT2D eigenvalue weighted by atomic mass is 16.7. The molecule has 0 unspecified atom stereocenters. The molecule has 1 aliphatic heterocycles. The Labute approximate surface area is 145 Å². The van der Waals surface area contributed by atoms with Crippen LogP contribution in [-0.2, 0) is 22.5 Å². The Morgan fingerprint density at radius 3 is 2.52 bits per heavy atom. The molecule has 1 heterocycles. The summed E-state index contributed by atoms with van der Waals surface area (Å²) >= 11 is 0. The molecule has 0 radical (unpaired) electrons. The van der Waals surface area contributed by atoms with E-state index in [1.165, 1.54) is 0 Å². The second-order valence-corrected chi connectivity index (χ2v) is 5.59. The summed E-state index contributed by atoms with van der Waals surface area (Å²) in [6, 6.07) is 12.6. The molecule has 6 heteroatoms. The van der Waals surface area contributed by atoms with E-state index in [1.807, 2.05) is 31.2 Å². The number of amides is 1. The van der Waals surface area contributed by atoms with Crippen LogP contribution >= 0.6 is 0 Å². The van der Waals surface area contributed by atoms with Crippen molar-refractivity contribution in [2.24, 2.45) is 0 Å². The average molecular weight is 341 g/mol. The number of rotatable bonds is 6. The predicted octanol–water partition coefficient (Wildman–Crippen LogP) is 2.45. The highest BCUT2D eigenvalue weighted by Crippen LogP contribution is 2.32. The fourth-order valence-electron chi connectivity index (χ4n) is 2.39. The Bertz CT molecular complexity index is 770. The predicted molar refractivity (Wildman–Crippen MR) is 90.5 cm³/mol. The molecule has 6 nitrogen and oxygen atoms in total. The molecule has 3 rings (SSSR count). The van der Waals surface area contributed by atoms with Crippen LogP contribution < -0.4 is 14.8 Å². The van der Waals surface area contributed by atoms with Gasteiger partial charge in [-0.1, -0.05) is 25.1 Å². The van der Waals surface area contributed by atoms with Gasteiger partial charge in [-0.25, -0.2) is 4.79 Å². The van der Waals surface area contributed by atoms with Crippen LogP contribution in [0.15, 0.2) is 42.5 Å². The fraction of sp³-hybridized carbons (Fsp3) is 0.263. The van der Waals surface area contributed by atoms with Gasteiger partial charge in [0.05, 0.1) is 5.56 Å². The molecular weight excluding hydrogens is 322 g/mol. The zero-order valence-corrected chi connectivity index (χ0v) is 13.9. The molecule has 130 valence electrons. The molecule has 0 fully saturated rings. The van der Waals surface area contributed by atoms with Gasteiger partial charge in [-0.05, 0) is 41.8 Å². The average Bonchev–Trinajstić information content (AvgIpc) is 3.12. The summed E-state index contributed by atoms with van der Waals surface area (Å²) in [7, 11) is 0. The first-order valence-electron chi connectivity index (χ1n) is 8.07. The maximum atomic E-state index is 11.9. The van der Waals surface area contributed by atoms with Gasteiger partial charge in [0, 0.05) is 6.54 Å². The largest absolute Gasteiger partial charge is 0.454 e. The van der Waals surface area contributed by atoms with Crippen LogP contribution in [0.5, 0.6) is 11.5 Å². The van der Waals surface area contributed by atoms with Crippen molar-refractivity contribution >= 4 is 11.9 Å². The van der Waals surface area contributed by atoms with Crippen LogP contribution in [0.25, 0.3) is 0 Å². The van der Waals surface area contributed by atoms with Crippen molar-refractivity contribution in [1.82, 2.24) is 5.32 Å². The summed E-state index contributed by atoms with van der Waals surface area (Å²) in [4.78, 5) is 23.8. The Balaban J connectivity index is 1.45. The van der Waals surface area contributed by atoms with Crippen LogP contribution in [-0.4, -0.2) is 25.3 Å². The molecule has 0 aliphatic carbocycles. The van der Waals surface area contributed by atoms with Crippen molar-refractivity contribution in [2.75, 3.05) is 13.4 Å². The quantitative estimate of drug-likeness (QED) is 0.817. The second kappa shape index (κ2) is 7.70. The lowest BCUT2D eigenvalue weighted by atomic mass is 10.1. The van der Waals surface area contributed by atoms with Gasteiger partial charge >= 0.3 is 5.97 Å². The Hall–Kier alpha value is -3.02. The number of esters is 1. The van der Waals surface area contributed by atoms with Crippen LogP contribution in [0.4, 0.5) is 0 Å². The van der Waals surface area contributed by atoms with Crippen molar-refractivity contribution in [3.63, 3.8) is 0 Å². The molecule has 1 aliphatic rings. The molecule has 0 spiro atoms. The zero-order valence-electron chi connectivity index (χ0n) is 13.9. The van der Waals surface area contributed by atoms with E-state index in [0.717, 1.165) is 17.5 Å². The molecule has 0 saturated carbocycles. The van der Waals surface area contributed by atoms with E-state index in [0.29, 0.717) is 23.6 Å². The molecule has 0 aromatic heterocycles. The number of hydrogen-bond donors (Lipinski definition) is 1. The molecule has 25 heavy (non-hydrogen) atoms. The molecule has 1 amide bonds. The first kappa shape index (κ1) is 16.8. The number of carbonyl (C=O) groups excluding carboxylic acids is 2. The summed E-state index contributed by atoms with van der Waals surface area (Å²) in [6.07, 6.45) is 0.900. The van der Waals surface area contributed by atoms with E-state index in [-0.39, 0.29) is 19.3 Å². The number of ether oxygens (including phenoxy) is 3.